The van der Waals surface area contributed by atoms with E-state index in [1.54, 1.807) is 0 Å². The van der Waals surface area contributed by atoms with Crippen LogP contribution in [0.2, 0.25) is 0 Å². The van der Waals surface area contributed by atoms with Crippen LogP contribution in [0, 0.1) is 6.92 Å². The molecule has 0 spiro atoms. The second-order valence-electron chi connectivity index (χ2n) is 4.18. The number of ketones is 1. The van der Waals surface area contributed by atoms with Crippen LogP contribution < -0.4 is 0 Å². The van der Waals surface area contributed by atoms with Crippen molar-refractivity contribution >= 4 is 11.8 Å². The smallest absolute Gasteiger partial charge is 0.330 e. The number of hydrogen-bond acceptors (Lipinski definition) is 3. The van der Waals surface area contributed by atoms with Gasteiger partial charge >= 0.3 is 5.97 Å². The number of aryl methyl sites for hydroxylation is 2. The van der Waals surface area contributed by atoms with Crippen LogP contribution in [0.1, 0.15) is 27.9 Å². The van der Waals surface area contributed by atoms with Gasteiger partial charge in [0, 0.05) is 17.2 Å². The Morgan fingerprint density at radius 1 is 1.35 bits per heavy atom. The fourth-order valence-corrected chi connectivity index (χ4v) is 2.05. The van der Waals surface area contributed by atoms with Gasteiger partial charge in [-0.1, -0.05) is 23.8 Å². The number of Topliss-reactive ketones (excluding diaryl/α,β-unsaturated/α-hetero) is 1. The largest absolute Gasteiger partial charge is 0.466 e. The summed E-state index contributed by atoms with van der Waals surface area (Å²) in [6, 6.07) is 5.78. The molecule has 0 N–H and O–H groups in total. The van der Waals surface area contributed by atoms with Gasteiger partial charge in [0.1, 0.15) is 0 Å². The summed E-state index contributed by atoms with van der Waals surface area (Å²) in [6.07, 6.45) is 2.70. The molecule has 0 aromatic heterocycles. The molecule has 3 heteroatoms. The second kappa shape index (κ2) is 4.53. The molecule has 0 bridgehead atoms. The normalized spacial score (nSPS) is 16.8. The van der Waals surface area contributed by atoms with Gasteiger partial charge in [-0.25, -0.2) is 4.79 Å². The molecule has 0 amide bonds. The number of esters is 1. The molecule has 0 aliphatic heterocycles. The lowest BCUT2D eigenvalue weighted by atomic mass is 9.86. The summed E-state index contributed by atoms with van der Waals surface area (Å²) in [6.45, 7) is 2.00. The molecule has 0 saturated carbocycles. The van der Waals surface area contributed by atoms with E-state index in [0.29, 0.717) is 17.6 Å². The predicted molar refractivity (Wildman–Crippen MR) is 63.9 cm³/mol. The molecule has 1 aromatic carbocycles. The minimum Gasteiger partial charge on any atom is -0.466 e. The van der Waals surface area contributed by atoms with Gasteiger partial charge < -0.3 is 4.74 Å². The lowest BCUT2D eigenvalue weighted by molar-refractivity contribution is -0.134. The van der Waals surface area contributed by atoms with Crippen molar-refractivity contribution in [2.45, 2.75) is 19.8 Å². The summed E-state index contributed by atoms with van der Waals surface area (Å²) in [4.78, 5) is 23.2. The van der Waals surface area contributed by atoms with Crippen molar-refractivity contribution in [3.8, 4) is 0 Å². The van der Waals surface area contributed by atoms with Gasteiger partial charge in [0.2, 0.25) is 0 Å². The van der Waals surface area contributed by atoms with Crippen LogP contribution in [0.4, 0.5) is 0 Å². The molecule has 3 nitrogen and oxygen atoms in total. The predicted octanol–water partition coefficient (Wildman–Crippen LogP) is 2.22. The van der Waals surface area contributed by atoms with E-state index in [1.807, 2.05) is 25.1 Å². The number of carbonyl (C=O) groups excluding carboxylic acids is 2. The minimum atomic E-state index is -0.469. The standard InChI is InChI=1S/C14H14O3/c1-9-3-6-12-10(7-9)4-5-11(14(12)16)8-13(15)17-2/h3,6-8H,4-5H2,1-2H3. The third-order valence-corrected chi connectivity index (χ3v) is 2.95. The van der Waals surface area contributed by atoms with Crippen molar-refractivity contribution in [2.24, 2.45) is 0 Å². The third kappa shape index (κ3) is 2.28. The monoisotopic (exact) mass is 230 g/mol. The molecule has 1 aromatic rings. The lowest BCUT2D eigenvalue weighted by Gasteiger charge is -2.17. The molecule has 2 rings (SSSR count). The van der Waals surface area contributed by atoms with E-state index >= 15 is 0 Å². The topological polar surface area (TPSA) is 43.4 Å². The molecule has 0 atom stereocenters. The van der Waals surface area contributed by atoms with E-state index in [1.165, 1.54) is 13.2 Å². The highest BCUT2D eigenvalue weighted by Gasteiger charge is 2.22. The maximum atomic E-state index is 12.1. The Morgan fingerprint density at radius 3 is 2.82 bits per heavy atom. The number of allylic oxidation sites excluding steroid dienone is 1. The molecular weight excluding hydrogens is 216 g/mol. The number of hydrogen-bond donors (Lipinski definition) is 0. The second-order valence-corrected chi connectivity index (χ2v) is 4.18. The zero-order chi connectivity index (χ0) is 12.4. The number of carbonyl (C=O) groups is 2. The zero-order valence-electron chi connectivity index (χ0n) is 9.95. The average molecular weight is 230 g/mol. The molecule has 0 fully saturated rings. The Morgan fingerprint density at radius 2 is 2.12 bits per heavy atom. The fraction of sp³-hybridized carbons (Fsp3) is 0.286. The molecule has 0 unspecified atom stereocenters. The third-order valence-electron chi connectivity index (χ3n) is 2.95. The number of fused-ring (bicyclic) bond motifs is 1. The Labute approximate surface area is 100 Å². The van der Waals surface area contributed by atoms with E-state index < -0.39 is 5.97 Å². The summed E-state index contributed by atoms with van der Waals surface area (Å²) >= 11 is 0. The van der Waals surface area contributed by atoms with Gasteiger partial charge in [-0.2, -0.15) is 0 Å². The van der Waals surface area contributed by atoms with Crippen molar-refractivity contribution in [2.75, 3.05) is 7.11 Å². The number of methoxy groups -OCH3 is 1. The summed E-state index contributed by atoms with van der Waals surface area (Å²) in [5, 5.41) is 0. The number of benzene rings is 1. The molecule has 88 valence electrons. The first-order valence-electron chi connectivity index (χ1n) is 5.54. The van der Waals surface area contributed by atoms with Gasteiger partial charge in [0.05, 0.1) is 7.11 Å². The maximum absolute atomic E-state index is 12.1. The molecule has 0 saturated heterocycles. The van der Waals surface area contributed by atoms with E-state index in [0.717, 1.165) is 17.5 Å². The summed E-state index contributed by atoms with van der Waals surface area (Å²) in [7, 11) is 1.31. The quantitative estimate of drug-likeness (QED) is 0.549. The Hall–Kier alpha value is -1.90. The van der Waals surface area contributed by atoms with E-state index in [-0.39, 0.29) is 5.78 Å². The summed E-state index contributed by atoms with van der Waals surface area (Å²) in [5.41, 5.74) is 3.46. The van der Waals surface area contributed by atoms with E-state index in [2.05, 4.69) is 4.74 Å². The van der Waals surface area contributed by atoms with Crippen LogP contribution in [0.3, 0.4) is 0 Å². The van der Waals surface area contributed by atoms with Crippen LogP contribution in [0.5, 0.6) is 0 Å². The van der Waals surface area contributed by atoms with Gasteiger partial charge in [0.15, 0.2) is 5.78 Å². The Balaban J connectivity index is 2.37. The maximum Gasteiger partial charge on any atom is 0.330 e. The Bertz CT molecular complexity index is 512. The molecule has 17 heavy (non-hydrogen) atoms. The van der Waals surface area contributed by atoms with Gasteiger partial charge in [-0.15, -0.1) is 0 Å². The van der Waals surface area contributed by atoms with E-state index in [9.17, 15) is 9.59 Å². The first kappa shape index (κ1) is 11.6. The van der Waals surface area contributed by atoms with Crippen molar-refractivity contribution in [3.63, 3.8) is 0 Å². The van der Waals surface area contributed by atoms with Crippen molar-refractivity contribution in [1.82, 2.24) is 0 Å². The van der Waals surface area contributed by atoms with Crippen LogP contribution in [-0.4, -0.2) is 18.9 Å². The molecular formula is C14H14O3. The number of ether oxygens (including phenoxy) is 1. The fourth-order valence-electron chi connectivity index (χ4n) is 2.05. The van der Waals surface area contributed by atoms with Crippen molar-refractivity contribution < 1.29 is 14.3 Å². The highest BCUT2D eigenvalue weighted by molar-refractivity contribution is 6.13. The molecule has 0 heterocycles. The van der Waals surface area contributed by atoms with Crippen LogP contribution in [0.25, 0.3) is 0 Å². The SMILES string of the molecule is COC(=O)C=C1CCc2cc(C)ccc2C1=O. The first-order valence-corrected chi connectivity index (χ1v) is 5.54. The van der Waals surface area contributed by atoms with Gasteiger partial charge in [0.25, 0.3) is 0 Å². The highest BCUT2D eigenvalue weighted by Crippen LogP contribution is 2.25. The average Bonchev–Trinajstić information content (AvgIpc) is 2.32. The van der Waals surface area contributed by atoms with Crippen molar-refractivity contribution in [1.29, 1.82) is 0 Å². The van der Waals surface area contributed by atoms with E-state index in [4.69, 9.17) is 0 Å². The summed E-state index contributed by atoms with van der Waals surface area (Å²) < 4.78 is 4.54. The van der Waals surface area contributed by atoms with Crippen LogP contribution in [0.15, 0.2) is 29.8 Å². The van der Waals surface area contributed by atoms with Crippen molar-refractivity contribution in [3.05, 3.63) is 46.5 Å². The highest BCUT2D eigenvalue weighted by atomic mass is 16.5. The van der Waals surface area contributed by atoms with Gasteiger partial charge in [-0.05, 0) is 25.3 Å². The molecule has 1 aliphatic rings. The number of rotatable bonds is 1. The summed E-state index contributed by atoms with van der Waals surface area (Å²) in [5.74, 6) is -0.527. The molecule has 0 radical (unpaired) electrons. The van der Waals surface area contributed by atoms with Crippen LogP contribution >= 0.6 is 0 Å². The van der Waals surface area contributed by atoms with Crippen LogP contribution in [-0.2, 0) is 16.0 Å². The molecule has 1 aliphatic carbocycles. The van der Waals surface area contributed by atoms with Gasteiger partial charge in [-0.3, -0.25) is 4.79 Å². The zero-order valence-corrected chi connectivity index (χ0v) is 9.95. The minimum absolute atomic E-state index is 0.0587. The lowest BCUT2D eigenvalue weighted by Crippen LogP contribution is -2.15. The Kier molecular flexibility index (Phi) is 3.09. The first-order chi connectivity index (χ1) is 8.11.